The zero-order chi connectivity index (χ0) is 21.5. The van der Waals surface area contributed by atoms with Crippen LogP contribution in [0, 0.1) is 13.8 Å². The number of likely N-dealkylation sites (tertiary alicyclic amines) is 1. The van der Waals surface area contributed by atoms with Gasteiger partial charge in [0.25, 0.3) is 0 Å². The lowest BCUT2D eigenvalue weighted by atomic mass is 10.1. The van der Waals surface area contributed by atoms with E-state index in [0.29, 0.717) is 23.7 Å². The first-order valence-corrected chi connectivity index (χ1v) is 9.59. The summed E-state index contributed by atoms with van der Waals surface area (Å²) in [5.41, 5.74) is 2.63. The number of hydrogen-bond acceptors (Lipinski definition) is 4. The minimum Gasteiger partial charge on any atom is -0.337 e. The fourth-order valence-corrected chi connectivity index (χ4v) is 3.78. The van der Waals surface area contributed by atoms with E-state index >= 15 is 0 Å². The molecule has 1 saturated heterocycles. The SMILES string of the molecule is Cc1ccc(-c2noc(C3CCC(=O)N3Cc3cccc(C(F)(F)F)c3)n2)c(C)c1. The number of carbonyl (C=O) groups excluding carboxylic acids is 1. The summed E-state index contributed by atoms with van der Waals surface area (Å²) in [5, 5.41) is 4.06. The predicted octanol–water partition coefficient (Wildman–Crippen LogP) is 5.24. The van der Waals surface area contributed by atoms with Gasteiger partial charge in [0.15, 0.2) is 0 Å². The number of benzene rings is 2. The van der Waals surface area contributed by atoms with Crippen LogP contribution in [0.5, 0.6) is 0 Å². The lowest BCUT2D eigenvalue weighted by Gasteiger charge is -2.22. The van der Waals surface area contributed by atoms with Gasteiger partial charge < -0.3 is 9.42 Å². The molecule has 1 aliphatic heterocycles. The smallest absolute Gasteiger partial charge is 0.337 e. The molecule has 1 fully saturated rings. The fourth-order valence-electron chi connectivity index (χ4n) is 3.78. The van der Waals surface area contributed by atoms with E-state index in [9.17, 15) is 18.0 Å². The molecule has 1 aromatic heterocycles. The summed E-state index contributed by atoms with van der Waals surface area (Å²) < 4.78 is 44.5. The molecule has 0 N–H and O–H groups in total. The predicted molar refractivity (Wildman–Crippen MR) is 103 cm³/mol. The van der Waals surface area contributed by atoms with Gasteiger partial charge in [-0.3, -0.25) is 4.79 Å². The standard InChI is InChI=1S/C22H20F3N3O2/c1-13-6-7-17(14(2)10-13)20-26-21(30-27-20)18-8-9-19(29)28(18)12-15-4-3-5-16(11-15)22(23,24)25/h3-7,10-11,18H,8-9,12H2,1-2H3. The lowest BCUT2D eigenvalue weighted by Crippen LogP contribution is -2.27. The van der Waals surface area contributed by atoms with Gasteiger partial charge in [0.2, 0.25) is 17.6 Å². The maximum Gasteiger partial charge on any atom is 0.416 e. The highest BCUT2D eigenvalue weighted by Crippen LogP contribution is 2.35. The highest BCUT2D eigenvalue weighted by Gasteiger charge is 2.37. The van der Waals surface area contributed by atoms with Crippen molar-refractivity contribution in [2.75, 3.05) is 0 Å². The number of carbonyl (C=O) groups is 1. The molecule has 5 nitrogen and oxygen atoms in total. The van der Waals surface area contributed by atoms with Crippen molar-refractivity contribution in [3.05, 3.63) is 70.6 Å². The molecule has 0 bridgehead atoms. The van der Waals surface area contributed by atoms with Crippen LogP contribution < -0.4 is 0 Å². The van der Waals surface area contributed by atoms with Gasteiger partial charge in [0.1, 0.15) is 6.04 Å². The Morgan fingerprint density at radius 3 is 2.70 bits per heavy atom. The van der Waals surface area contributed by atoms with E-state index in [1.165, 1.54) is 11.0 Å². The molecule has 2 heterocycles. The molecule has 2 aromatic carbocycles. The third-order valence-corrected chi connectivity index (χ3v) is 5.29. The Balaban J connectivity index is 1.59. The Labute approximate surface area is 171 Å². The van der Waals surface area contributed by atoms with Crippen molar-refractivity contribution in [3.8, 4) is 11.4 Å². The first-order chi connectivity index (χ1) is 14.2. The molecule has 1 aliphatic rings. The zero-order valence-electron chi connectivity index (χ0n) is 16.5. The first kappa shape index (κ1) is 20.1. The van der Waals surface area contributed by atoms with Crippen molar-refractivity contribution in [1.29, 1.82) is 0 Å². The molecule has 1 atom stereocenters. The van der Waals surface area contributed by atoms with Gasteiger partial charge in [-0.05, 0) is 43.5 Å². The Morgan fingerprint density at radius 2 is 1.97 bits per heavy atom. The second-order valence-electron chi connectivity index (χ2n) is 7.55. The van der Waals surface area contributed by atoms with Crippen LogP contribution in [0.25, 0.3) is 11.4 Å². The fraction of sp³-hybridized carbons (Fsp3) is 0.318. The van der Waals surface area contributed by atoms with Crippen LogP contribution in [-0.2, 0) is 17.5 Å². The number of aromatic nitrogens is 2. The molecular formula is C22H20F3N3O2. The van der Waals surface area contributed by atoms with Crippen LogP contribution in [0.3, 0.4) is 0 Å². The average molecular weight is 415 g/mol. The first-order valence-electron chi connectivity index (χ1n) is 9.59. The summed E-state index contributed by atoms with van der Waals surface area (Å²) >= 11 is 0. The Kier molecular flexibility index (Phi) is 5.09. The normalized spacial score (nSPS) is 17.0. The monoisotopic (exact) mass is 415 g/mol. The maximum absolute atomic E-state index is 13.0. The van der Waals surface area contributed by atoms with Gasteiger partial charge in [-0.1, -0.05) is 41.1 Å². The minimum absolute atomic E-state index is 0.0503. The van der Waals surface area contributed by atoms with Crippen molar-refractivity contribution >= 4 is 5.91 Å². The average Bonchev–Trinajstić information content (AvgIpc) is 3.29. The second kappa shape index (κ2) is 7.59. The summed E-state index contributed by atoms with van der Waals surface area (Å²) in [4.78, 5) is 18.4. The number of hydrogen-bond donors (Lipinski definition) is 0. The van der Waals surface area contributed by atoms with E-state index in [1.807, 2.05) is 32.0 Å². The molecule has 3 aromatic rings. The van der Waals surface area contributed by atoms with Crippen molar-refractivity contribution in [3.63, 3.8) is 0 Å². The summed E-state index contributed by atoms with van der Waals surface area (Å²) in [5.74, 6) is 0.576. The van der Waals surface area contributed by atoms with E-state index in [4.69, 9.17) is 4.52 Å². The summed E-state index contributed by atoms with van der Waals surface area (Å²) in [7, 11) is 0. The van der Waals surface area contributed by atoms with Crippen LogP contribution in [-0.4, -0.2) is 20.9 Å². The molecular weight excluding hydrogens is 395 g/mol. The number of rotatable bonds is 4. The number of halogens is 3. The van der Waals surface area contributed by atoms with Gasteiger partial charge in [0, 0.05) is 18.5 Å². The summed E-state index contributed by atoms with van der Waals surface area (Å²) in [6, 6.07) is 10.4. The number of amides is 1. The van der Waals surface area contributed by atoms with E-state index in [1.54, 1.807) is 6.07 Å². The second-order valence-corrected chi connectivity index (χ2v) is 7.55. The van der Waals surface area contributed by atoms with Crippen LogP contribution in [0.2, 0.25) is 0 Å². The molecule has 4 rings (SSSR count). The number of alkyl halides is 3. The Bertz CT molecular complexity index is 1090. The minimum atomic E-state index is -4.43. The molecule has 0 aliphatic carbocycles. The summed E-state index contributed by atoms with van der Waals surface area (Å²) in [6.45, 7) is 4.00. The molecule has 8 heteroatoms. The zero-order valence-corrected chi connectivity index (χ0v) is 16.5. The van der Waals surface area contributed by atoms with Gasteiger partial charge in [-0.25, -0.2) is 0 Å². The van der Waals surface area contributed by atoms with Crippen LogP contribution in [0.1, 0.15) is 47.0 Å². The van der Waals surface area contributed by atoms with Crippen molar-refractivity contribution < 1.29 is 22.5 Å². The highest BCUT2D eigenvalue weighted by molar-refractivity contribution is 5.79. The summed E-state index contributed by atoms with van der Waals surface area (Å²) in [6.07, 6.45) is -3.67. The lowest BCUT2D eigenvalue weighted by molar-refractivity contribution is -0.137. The molecule has 1 amide bonds. The largest absolute Gasteiger partial charge is 0.416 e. The molecule has 30 heavy (non-hydrogen) atoms. The highest BCUT2D eigenvalue weighted by atomic mass is 19.4. The maximum atomic E-state index is 13.0. The van der Waals surface area contributed by atoms with Gasteiger partial charge in [-0.15, -0.1) is 0 Å². The Morgan fingerprint density at radius 1 is 1.17 bits per heavy atom. The molecule has 0 radical (unpaired) electrons. The van der Waals surface area contributed by atoms with Crippen LogP contribution in [0.4, 0.5) is 13.2 Å². The third-order valence-electron chi connectivity index (χ3n) is 5.29. The third kappa shape index (κ3) is 3.94. The van der Waals surface area contributed by atoms with E-state index in [2.05, 4.69) is 10.1 Å². The van der Waals surface area contributed by atoms with Gasteiger partial charge in [-0.2, -0.15) is 18.2 Å². The number of nitrogens with zero attached hydrogens (tertiary/aromatic N) is 3. The molecule has 1 unspecified atom stereocenters. The van der Waals surface area contributed by atoms with Crippen molar-refractivity contribution in [1.82, 2.24) is 15.0 Å². The van der Waals surface area contributed by atoms with Gasteiger partial charge >= 0.3 is 6.18 Å². The Hall–Kier alpha value is -3.16. The van der Waals surface area contributed by atoms with E-state index < -0.39 is 17.8 Å². The van der Waals surface area contributed by atoms with Crippen molar-refractivity contribution in [2.24, 2.45) is 0 Å². The molecule has 156 valence electrons. The van der Waals surface area contributed by atoms with Crippen LogP contribution >= 0.6 is 0 Å². The van der Waals surface area contributed by atoms with E-state index in [0.717, 1.165) is 28.8 Å². The topological polar surface area (TPSA) is 59.2 Å². The van der Waals surface area contributed by atoms with Crippen molar-refractivity contribution in [2.45, 2.75) is 45.5 Å². The number of aryl methyl sites for hydroxylation is 2. The molecule has 0 spiro atoms. The van der Waals surface area contributed by atoms with E-state index in [-0.39, 0.29) is 18.9 Å². The quantitative estimate of drug-likeness (QED) is 0.585. The van der Waals surface area contributed by atoms with Crippen LogP contribution in [0.15, 0.2) is 47.0 Å². The van der Waals surface area contributed by atoms with Gasteiger partial charge in [0.05, 0.1) is 5.56 Å². The molecule has 0 saturated carbocycles.